The Morgan fingerprint density at radius 1 is 1.28 bits per heavy atom. The van der Waals surface area contributed by atoms with Crippen molar-refractivity contribution in [1.82, 2.24) is 14.9 Å². The van der Waals surface area contributed by atoms with Crippen LogP contribution in [0.1, 0.15) is 28.6 Å². The Kier molecular flexibility index (Phi) is 4.94. The zero-order chi connectivity index (χ0) is 22.4. The molecule has 0 aliphatic carbocycles. The second kappa shape index (κ2) is 7.80. The third-order valence-corrected chi connectivity index (χ3v) is 5.93. The van der Waals surface area contributed by atoms with E-state index in [1.165, 1.54) is 25.2 Å². The van der Waals surface area contributed by atoms with E-state index < -0.39 is 18.0 Å². The van der Waals surface area contributed by atoms with Crippen LogP contribution in [0.15, 0.2) is 42.5 Å². The van der Waals surface area contributed by atoms with Gasteiger partial charge in [-0.3, -0.25) is 9.88 Å². The van der Waals surface area contributed by atoms with Crippen LogP contribution in [-0.2, 0) is 17.7 Å². The summed E-state index contributed by atoms with van der Waals surface area (Å²) in [6, 6.07) is 12.7. The van der Waals surface area contributed by atoms with Crippen molar-refractivity contribution in [3.8, 4) is 5.75 Å². The number of para-hydroxylation sites is 1. The van der Waals surface area contributed by atoms with Gasteiger partial charge in [0.15, 0.2) is 11.6 Å². The van der Waals surface area contributed by atoms with Crippen molar-refractivity contribution in [2.24, 2.45) is 0 Å². The molecule has 8 heteroatoms. The molecule has 164 valence electrons. The van der Waals surface area contributed by atoms with Crippen LogP contribution in [0.4, 0.5) is 9.18 Å². The number of hydrogen-bond donors (Lipinski definition) is 2. The highest BCUT2D eigenvalue weighted by Crippen LogP contribution is 2.38. The van der Waals surface area contributed by atoms with Gasteiger partial charge in [-0.2, -0.15) is 0 Å². The van der Waals surface area contributed by atoms with Crippen LogP contribution >= 0.6 is 0 Å². The first kappa shape index (κ1) is 20.3. The van der Waals surface area contributed by atoms with Crippen LogP contribution in [-0.4, -0.2) is 46.8 Å². The van der Waals surface area contributed by atoms with Gasteiger partial charge in [-0.25, -0.2) is 9.18 Å². The van der Waals surface area contributed by atoms with Crippen LogP contribution in [0, 0.1) is 5.82 Å². The molecule has 0 saturated carbocycles. The van der Waals surface area contributed by atoms with Gasteiger partial charge in [-0.05, 0) is 23.8 Å². The second-order valence-electron chi connectivity index (χ2n) is 7.85. The fraction of sp³-hybridized carbons (Fsp3) is 0.250. The molecule has 1 aliphatic rings. The van der Waals surface area contributed by atoms with Crippen molar-refractivity contribution in [1.29, 1.82) is 0 Å². The molecular formula is C24H22FN3O4. The summed E-state index contributed by atoms with van der Waals surface area (Å²) in [7, 11) is 2.74. The Labute approximate surface area is 183 Å². The van der Waals surface area contributed by atoms with Gasteiger partial charge in [0.25, 0.3) is 0 Å². The Bertz CT molecular complexity index is 1350. The number of nitrogens with one attached hydrogen (secondary N) is 1. The maximum atomic E-state index is 14.3. The fourth-order valence-electron chi connectivity index (χ4n) is 4.50. The molecule has 4 aromatic rings. The standard InChI is InChI=1S/C24H22FN3O4/c1-31-20-8-7-13(9-15(20)25)10-17-23-21(14-5-3-4-6-16(14)27-23)22-18(26-17)11-28(12-19(22)29)24(30)32-2/h3-9,19,27,29H,10-12H2,1-2H3. The van der Waals surface area contributed by atoms with Gasteiger partial charge in [-0.1, -0.05) is 24.3 Å². The average molecular weight is 435 g/mol. The number of aromatic amines is 1. The smallest absolute Gasteiger partial charge is 0.409 e. The van der Waals surface area contributed by atoms with Crippen molar-refractivity contribution >= 4 is 27.9 Å². The van der Waals surface area contributed by atoms with E-state index >= 15 is 0 Å². The van der Waals surface area contributed by atoms with Crippen LogP contribution in [0.2, 0.25) is 0 Å². The van der Waals surface area contributed by atoms with Crippen molar-refractivity contribution in [2.45, 2.75) is 19.1 Å². The van der Waals surface area contributed by atoms with E-state index in [9.17, 15) is 14.3 Å². The summed E-state index contributed by atoms with van der Waals surface area (Å²) in [6.45, 7) is 0.345. The van der Waals surface area contributed by atoms with Gasteiger partial charge in [0.05, 0.1) is 50.3 Å². The zero-order valence-corrected chi connectivity index (χ0v) is 17.7. The molecule has 1 atom stereocenters. The van der Waals surface area contributed by atoms with E-state index in [0.717, 1.165) is 27.4 Å². The van der Waals surface area contributed by atoms with E-state index in [1.54, 1.807) is 12.1 Å². The number of carbonyl (C=O) groups is 1. The molecule has 2 aromatic carbocycles. The number of fused-ring (bicyclic) bond motifs is 5. The number of β-amino-alcohol motifs (C(OH)–C–C–N with tert-alkyl or cyclic N) is 1. The number of nitrogens with zero attached hydrogens (tertiary/aromatic N) is 2. The number of amides is 1. The topological polar surface area (TPSA) is 87.7 Å². The molecule has 0 radical (unpaired) electrons. The number of H-pyrrole nitrogens is 1. The SMILES string of the molecule is COC(=O)N1Cc2nc(Cc3ccc(OC)c(F)c3)c3[nH]c4ccccc4c3c2C(O)C1. The monoisotopic (exact) mass is 435 g/mol. The molecule has 32 heavy (non-hydrogen) atoms. The minimum Gasteiger partial charge on any atom is -0.494 e. The predicted molar refractivity (Wildman–Crippen MR) is 117 cm³/mol. The highest BCUT2D eigenvalue weighted by Gasteiger charge is 2.32. The molecule has 3 heterocycles. The first-order chi connectivity index (χ1) is 15.5. The van der Waals surface area contributed by atoms with Crippen LogP contribution in [0.5, 0.6) is 5.75 Å². The van der Waals surface area contributed by atoms with Crippen molar-refractivity contribution in [3.05, 3.63) is 70.8 Å². The van der Waals surface area contributed by atoms with Crippen molar-refractivity contribution in [3.63, 3.8) is 0 Å². The largest absolute Gasteiger partial charge is 0.494 e. The van der Waals surface area contributed by atoms with E-state index in [4.69, 9.17) is 14.5 Å². The number of carbonyl (C=O) groups excluding carboxylic acids is 1. The van der Waals surface area contributed by atoms with Crippen molar-refractivity contribution < 1.29 is 23.8 Å². The van der Waals surface area contributed by atoms with E-state index in [1.807, 2.05) is 24.3 Å². The number of aliphatic hydroxyl groups is 1. The summed E-state index contributed by atoms with van der Waals surface area (Å²) in [5.74, 6) is -0.261. The lowest BCUT2D eigenvalue weighted by Crippen LogP contribution is -2.39. The number of benzene rings is 2. The molecule has 0 fully saturated rings. The normalized spacial score (nSPS) is 15.8. The molecule has 7 nitrogen and oxygen atoms in total. The number of methoxy groups -OCH3 is 2. The molecule has 1 aliphatic heterocycles. The van der Waals surface area contributed by atoms with E-state index in [0.29, 0.717) is 23.4 Å². The summed E-state index contributed by atoms with van der Waals surface area (Å²) in [6.07, 6.45) is -1.06. The minimum atomic E-state index is -0.903. The van der Waals surface area contributed by atoms with Gasteiger partial charge in [0.1, 0.15) is 0 Å². The summed E-state index contributed by atoms with van der Waals surface area (Å²) in [4.78, 5) is 21.8. The first-order valence-electron chi connectivity index (χ1n) is 10.3. The third-order valence-electron chi connectivity index (χ3n) is 5.93. The van der Waals surface area contributed by atoms with E-state index in [-0.39, 0.29) is 18.8 Å². The molecular weight excluding hydrogens is 413 g/mol. The summed E-state index contributed by atoms with van der Waals surface area (Å²) >= 11 is 0. The number of hydrogen-bond acceptors (Lipinski definition) is 5. The maximum absolute atomic E-state index is 14.3. The highest BCUT2D eigenvalue weighted by molar-refractivity contribution is 6.10. The second-order valence-corrected chi connectivity index (χ2v) is 7.85. The average Bonchev–Trinajstić information content (AvgIpc) is 3.18. The molecule has 0 bridgehead atoms. The van der Waals surface area contributed by atoms with Gasteiger partial charge in [0.2, 0.25) is 0 Å². The molecule has 1 unspecified atom stereocenters. The molecule has 1 amide bonds. The number of pyridine rings is 1. The van der Waals surface area contributed by atoms with Crippen LogP contribution in [0.25, 0.3) is 21.8 Å². The molecule has 5 rings (SSSR count). The van der Waals surface area contributed by atoms with Crippen LogP contribution in [0.3, 0.4) is 0 Å². The Hall–Kier alpha value is -3.65. The summed E-state index contributed by atoms with van der Waals surface area (Å²) in [5.41, 5.74) is 4.47. The van der Waals surface area contributed by atoms with E-state index in [2.05, 4.69) is 4.98 Å². The summed E-state index contributed by atoms with van der Waals surface area (Å²) < 4.78 is 24.2. The van der Waals surface area contributed by atoms with Gasteiger partial charge >= 0.3 is 6.09 Å². The number of rotatable bonds is 3. The predicted octanol–water partition coefficient (Wildman–Crippen LogP) is 4.07. The Balaban J connectivity index is 1.70. The lowest BCUT2D eigenvalue weighted by Gasteiger charge is -2.31. The van der Waals surface area contributed by atoms with Crippen molar-refractivity contribution in [2.75, 3.05) is 20.8 Å². The van der Waals surface area contributed by atoms with Gasteiger partial charge in [0, 0.05) is 28.3 Å². The first-order valence-corrected chi connectivity index (χ1v) is 10.3. The van der Waals surface area contributed by atoms with Gasteiger partial charge < -0.3 is 19.6 Å². The fourth-order valence-corrected chi connectivity index (χ4v) is 4.50. The molecule has 2 aromatic heterocycles. The quantitative estimate of drug-likeness (QED) is 0.507. The maximum Gasteiger partial charge on any atom is 0.409 e. The number of aromatic nitrogens is 2. The number of aliphatic hydroxyl groups excluding tert-OH is 1. The lowest BCUT2D eigenvalue weighted by molar-refractivity contribution is 0.0713. The number of halogens is 1. The molecule has 2 N–H and O–H groups in total. The highest BCUT2D eigenvalue weighted by atomic mass is 19.1. The minimum absolute atomic E-state index is 0.124. The molecule has 0 saturated heterocycles. The third kappa shape index (κ3) is 3.23. The van der Waals surface area contributed by atoms with Gasteiger partial charge in [-0.15, -0.1) is 0 Å². The summed E-state index contributed by atoms with van der Waals surface area (Å²) in [5, 5.41) is 12.8. The molecule has 0 spiro atoms. The Morgan fingerprint density at radius 2 is 2.09 bits per heavy atom. The zero-order valence-electron chi connectivity index (χ0n) is 17.7. The lowest BCUT2D eigenvalue weighted by atomic mass is 9.94. The Morgan fingerprint density at radius 3 is 2.84 bits per heavy atom. The number of ether oxygens (including phenoxy) is 2. The van der Waals surface area contributed by atoms with Crippen LogP contribution < -0.4 is 4.74 Å².